The molecule has 0 radical (unpaired) electrons. The summed E-state index contributed by atoms with van der Waals surface area (Å²) >= 11 is 1.80. The molecular weight excluding hydrogens is 328 g/mol. The molecule has 1 aromatic heterocycles. The normalized spacial score (nSPS) is 18.0. The molecule has 25 heavy (non-hydrogen) atoms. The van der Waals surface area contributed by atoms with Crippen molar-refractivity contribution in [1.82, 2.24) is 9.80 Å². The zero-order valence-corrected chi connectivity index (χ0v) is 16.3. The fourth-order valence-corrected chi connectivity index (χ4v) is 4.61. The average molecular weight is 355 g/mol. The van der Waals surface area contributed by atoms with Gasteiger partial charge in [-0.25, -0.2) is 4.99 Å². The van der Waals surface area contributed by atoms with Crippen molar-refractivity contribution >= 4 is 28.5 Å². The summed E-state index contributed by atoms with van der Waals surface area (Å²) in [7, 11) is 2.21. The minimum atomic E-state index is 0.372. The van der Waals surface area contributed by atoms with Crippen LogP contribution in [-0.2, 0) is 0 Å². The van der Waals surface area contributed by atoms with E-state index in [0.29, 0.717) is 6.04 Å². The molecule has 0 bridgehead atoms. The Bertz CT molecular complexity index is 891. The molecule has 1 aromatic carbocycles. The summed E-state index contributed by atoms with van der Waals surface area (Å²) in [4.78, 5) is 13.8. The van der Waals surface area contributed by atoms with Gasteiger partial charge in [-0.05, 0) is 46.0 Å². The number of nitrogens with zero attached hydrogens (tertiary/aromatic N) is 4. The summed E-state index contributed by atoms with van der Waals surface area (Å²) in [6, 6.07) is 11.2. The van der Waals surface area contributed by atoms with Gasteiger partial charge >= 0.3 is 0 Å². The van der Waals surface area contributed by atoms with Crippen LogP contribution in [0.25, 0.3) is 5.82 Å². The molecule has 0 N–H and O–H groups in total. The maximum atomic E-state index is 5.04. The molecular formula is C20H26N4S. The van der Waals surface area contributed by atoms with Crippen LogP contribution in [0.2, 0.25) is 0 Å². The van der Waals surface area contributed by atoms with Gasteiger partial charge < -0.3 is 14.7 Å². The molecule has 4 rings (SSSR count). The molecule has 4 nitrogen and oxygen atoms in total. The van der Waals surface area contributed by atoms with Gasteiger partial charge in [-0.15, -0.1) is 11.3 Å². The van der Waals surface area contributed by atoms with Crippen LogP contribution in [0.1, 0.15) is 18.7 Å². The summed E-state index contributed by atoms with van der Waals surface area (Å²) in [5.41, 5.74) is 2.29. The van der Waals surface area contributed by atoms with E-state index in [1.165, 1.54) is 21.6 Å². The minimum absolute atomic E-state index is 0.372. The average Bonchev–Trinajstić information content (AvgIpc) is 2.88. The lowest BCUT2D eigenvalue weighted by molar-refractivity contribution is 0.202. The van der Waals surface area contributed by atoms with Gasteiger partial charge in [0.25, 0.3) is 0 Å². The van der Waals surface area contributed by atoms with E-state index >= 15 is 0 Å². The third kappa shape index (κ3) is 2.96. The highest BCUT2D eigenvalue weighted by Crippen LogP contribution is 2.35. The molecule has 0 spiro atoms. The second kappa shape index (κ2) is 6.46. The van der Waals surface area contributed by atoms with Crippen molar-refractivity contribution in [2.24, 2.45) is 4.99 Å². The Kier molecular flexibility index (Phi) is 4.29. The maximum absolute atomic E-state index is 5.04. The molecule has 0 unspecified atom stereocenters. The number of benzene rings is 1. The van der Waals surface area contributed by atoms with Gasteiger partial charge in [-0.2, -0.15) is 0 Å². The second-order valence-corrected chi connectivity index (χ2v) is 8.49. The highest BCUT2D eigenvalue weighted by atomic mass is 32.1. The van der Waals surface area contributed by atoms with Crippen molar-refractivity contribution < 1.29 is 0 Å². The molecule has 5 heteroatoms. The quantitative estimate of drug-likeness (QED) is 0.827. The highest BCUT2D eigenvalue weighted by Gasteiger charge is 2.28. The van der Waals surface area contributed by atoms with E-state index in [-0.39, 0.29) is 0 Å². The number of anilines is 1. The van der Waals surface area contributed by atoms with E-state index < -0.39 is 0 Å². The fourth-order valence-electron chi connectivity index (χ4n) is 3.72. The predicted molar refractivity (Wildman–Crippen MR) is 106 cm³/mol. The van der Waals surface area contributed by atoms with Crippen LogP contribution >= 0.6 is 11.3 Å². The van der Waals surface area contributed by atoms with Crippen molar-refractivity contribution in [3.8, 4) is 0 Å². The standard InChI is InChI=1S/C20H26N4S/c1-14(2)24-18-8-6-5-7-17(18)21-19-16(13-15(3)25-19)20(24)23-11-9-22(4)10-12-23/h5-8,13-14H,9-12H2,1-4H3. The zero-order chi connectivity index (χ0) is 17.6. The number of thiophene rings is 1. The Morgan fingerprint density at radius 1 is 1.08 bits per heavy atom. The van der Waals surface area contributed by atoms with Gasteiger partial charge in [0.1, 0.15) is 10.5 Å². The third-order valence-corrected chi connectivity index (χ3v) is 5.93. The topological polar surface area (TPSA) is 22.1 Å². The Morgan fingerprint density at radius 3 is 2.52 bits per heavy atom. The lowest BCUT2D eigenvalue weighted by atomic mass is 10.2. The molecule has 0 aliphatic carbocycles. The molecule has 132 valence electrons. The lowest BCUT2D eigenvalue weighted by Crippen LogP contribution is -2.51. The number of likely N-dealkylation sites (N-methyl/N-ethyl adjacent to an activating group) is 1. The first-order valence-electron chi connectivity index (χ1n) is 9.06. The summed E-state index contributed by atoms with van der Waals surface area (Å²) in [6.45, 7) is 11.1. The number of hydrogen-bond donors (Lipinski definition) is 0. The smallest absolute Gasteiger partial charge is 0.127 e. The molecule has 2 aromatic rings. The third-order valence-electron chi connectivity index (χ3n) is 4.99. The van der Waals surface area contributed by atoms with E-state index in [1.807, 2.05) is 0 Å². The zero-order valence-electron chi connectivity index (χ0n) is 15.5. The van der Waals surface area contributed by atoms with Gasteiger partial charge in [0, 0.05) is 37.1 Å². The van der Waals surface area contributed by atoms with Crippen molar-refractivity contribution in [2.45, 2.75) is 26.8 Å². The molecule has 0 amide bonds. The van der Waals surface area contributed by atoms with Gasteiger partial charge in [-0.3, -0.25) is 0 Å². The van der Waals surface area contributed by atoms with Gasteiger partial charge in [0.15, 0.2) is 0 Å². The van der Waals surface area contributed by atoms with Crippen molar-refractivity contribution in [3.05, 3.63) is 45.1 Å². The maximum Gasteiger partial charge on any atom is 0.127 e. The van der Waals surface area contributed by atoms with Gasteiger partial charge in [-0.1, -0.05) is 12.1 Å². The van der Waals surface area contributed by atoms with E-state index in [1.54, 1.807) is 11.3 Å². The van der Waals surface area contributed by atoms with Crippen molar-refractivity contribution in [2.75, 3.05) is 38.1 Å². The monoisotopic (exact) mass is 354 g/mol. The van der Waals surface area contributed by atoms with E-state index in [0.717, 1.165) is 36.5 Å². The summed E-state index contributed by atoms with van der Waals surface area (Å²) in [5.74, 6) is 1.33. The Labute approximate surface area is 153 Å². The van der Waals surface area contributed by atoms with Crippen molar-refractivity contribution in [1.29, 1.82) is 0 Å². The van der Waals surface area contributed by atoms with Crippen LogP contribution in [0.15, 0.2) is 35.3 Å². The molecule has 3 heterocycles. The van der Waals surface area contributed by atoms with Gasteiger partial charge in [0.05, 0.1) is 16.6 Å². The number of piperazine rings is 1. The SMILES string of the molecule is Cc1cc2c(s1)=Nc1ccccc1N(C(C)C)C=2N1CCN(C)CC1. The van der Waals surface area contributed by atoms with Crippen LogP contribution < -0.4 is 14.8 Å². The lowest BCUT2D eigenvalue weighted by Gasteiger charge is -2.42. The largest absolute Gasteiger partial charge is 0.355 e. The van der Waals surface area contributed by atoms with Gasteiger partial charge in [0.2, 0.25) is 0 Å². The number of hydrogen-bond acceptors (Lipinski definition) is 5. The molecule has 1 fully saturated rings. The van der Waals surface area contributed by atoms with E-state index in [2.05, 4.69) is 72.9 Å². The van der Waals surface area contributed by atoms with E-state index in [4.69, 9.17) is 4.99 Å². The van der Waals surface area contributed by atoms with E-state index in [9.17, 15) is 0 Å². The first kappa shape index (κ1) is 16.6. The minimum Gasteiger partial charge on any atom is -0.355 e. The number of fused-ring (bicyclic) bond motifs is 2. The number of aryl methyl sites for hydroxylation is 1. The first-order chi connectivity index (χ1) is 12.0. The fraction of sp³-hybridized carbons (Fsp3) is 0.450. The Hall–Kier alpha value is -1.85. The second-order valence-electron chi connectivity index (χ2n) is 7.25. The van der Waals surface area contributed by atoms with Crippen LogP contribution in [-0.4, -0.2) is 49.1 Å². The summed E-state index contributed by atoms with van der Waals surface area (Å²) < 4.78 is 1.14. The van der Waals surface area contributed by atoms with Crippen LogP contribution in [0, 0.1) is 6.92 Å². The highest BCUT2D eigenvalue weighted by molar-refractivity contribution is 7.09. The molecule has 1 saturated heterocycles. The Balaban J connectivity index is 1.98. The molecule has 0 saturated carbocycles. The molecule has 2 aliphatic rings. The summed E-state index contributed by atoms with van der Waals surface area (Å²) in [6.07, 6.45) is 0. The van der Waals surface area contributed by atoms with Crippen LogP contribution in [0.3, 0.4) is 0 Å². The Morgan fingerprint density at radius 2 is 1.80 bits per heavy atom. The van der Waals surface area contributed by atoms with Crippen LogP contribution in [0.4, 0.5) is 11.4 Å². The molecule has 0 atom stereocenters. The predicted octanol–water partition coefficient (Wildman–Crippen LogP) is 2.55. The number of para-hydroxylation sites is 2. The summed E-state index contributed by atoms with van der Waals surface area (Å²) in [5, 5.41) is 1.29. The van der Waals surface area contributed by atoms with Crippen LogP contribution in [0.5, 0.6) is 0 Å². The molecule has 2 aliphatic heterocycles. The van der Waals surface area contributed by atoms with Crippen molar-refractivity contribution in [3.63, 3.8) is 0 Å². The number of rotatable bonds is 2. The first-order valence-corrected chi connectivity index (χ1v) is 9.87.